The molecule has 2 heterocycles. The van der Waals surface area contributed by atoms with Gasteiger partial charge < -0.3 is 46.5 Å². The maximum Gasteiger partial charge on any atom is 2.00 e. The van der Waals surface area contributed by atoms with Crippen LogP contribution in [0.2, 0.25) is 19.6 Å². The summed E-state index contributed by atoms with van der Waals surface area (Å²) >= 11 is 13.8. The minimum Gasteiger partial charge on any atom is -1.00 e. The number of benzene rings is 9. The second kappa shape index (κ2) is 57.9. The summed E-state index contributed by atoms with van der Waals surface area (Å²) in [6, 6.07) is 71.5. The van der Waals surface area contributed by atoms with E-state index in [1.54, 1.807) is 49.9 Å². The summed E-state index contributed by atoms with van der Waals surface area (Å²) in [4.78, 5) is 48.7. The smallest absolute Gasteiger partial charge is 1.00 e. The van der Waals surface area contributed by atoms with Gasteiger partial charge in [-0.15, -0.1) is 24.8 Å². The Bertz CT molecular complexity index is 4640. The van der Waals surface area contributed by atoms with Gasteiger partial charge in [0.15, 0.2) is 23.1 Å². The summed E-state index contributed by atoms with van der Waals surface area (Å²) in [7, 11) is -3.57. The number of rotatable bonds is 14. The standard InChI is InChI=1S/C26H36O3S.C18H20O2S.C18H20OS.C10H14S.C8H7IO.C8H18O2.C6H4F.C4H8O.C3H9ClSi.C2H4O2.CH4.BrH.Mg/c1-18(2)23-25(6,7)17-28-26(8,29-23)20-11-15-22(16-12-20)30(27)21-13-9-19(10-14-21)24(3,4)5;1-13(19)14-5-9-16(10-6-14)21(20)17-11-7-15(8-12-17)18(2,3)4;1-13(19)14-5-9-16(10-6-14)20-17-11-7-15(8-12-17)18(2,3)4;1-10(2,3)8-4-6-9(11)7-5-8;1-6(10)7-2-4-8(9)5-3-7;1-6(2)7(10)8(3,4)5-9;7-6-4-2-1-3-5-6;1-2-4-5-3-1;1-5(2,3)4;1-2(3)4;;;/h9-16,18,23H,17H2,1-8H3;5-12H,1-4H3;5-12H,1-4H3;4-7,11H,1-3H3;2-5H,1H3;6-7,9-10H,5H2,1-4H3;2-5H;1-4H2;1-3H3;1H3,(H,3,4);1H4;1H;/q;;;;;;-1;;;;;;+2/p-1. The molecule has 0 bridgehead atoms. The Hall–Kier alpha value is -5.33. The van der Waals surface area contributed by atoms with E-state index in [1.165, 1.54) is 71.2 Å². The number of ketones is 3. The van der Waals surface area contributed by atoms with Crippen molar-refractivity contribution < 1.29 is 78.5 Å². The van der Waals surface area contributed by atoms with E-state index in [9.17, 15) is 32.3 Å². The van der Waals surface area contributed by atoms with Gasteiger partial charge in [-0.25, -0.2) is 12.8 Å². The summed E-state index contributed by atoms with van der Waals surface area (Å²) in [6.07, 6.45) is 2.24. The van der Waals surface area contributed by atoms with Crippen molar-refractivity contribution in [2.45, 2.75) is 287 Å². The number of carbonyl (C=O) groups is 4. The molecular weight excluding hydrogens is 1880 g/mol. The van der Waals surface area contributed by atoms with Gasteiger partial charge in [-0.1, -0.05) is 274 Å². The van der Waals surface area contributed by atoms with Crippen LogP contribution in [-0.4, -0.2) is 116 Å². The molecule has 0 spiro atoms. The SMILES string of the molecule is C.C1CCOC1.CC(=O)O.CC(=O)c1ccc(I)cc1.CC(=O)c1ccc(S(=O)c2ccc(C(C)(C)C)cc2)cc1.CC(=O)c1ccc(Sc2ccc(C(C)(C)C)cc2)cc1.CC(C)(C)c1ccc(S)cc1.CC(C)C(O)C(C)(C)CO.CC(C)C1OC(C)(c2ccc(S(=O)c3ccc(C(C)(C)C)cc3)cc2)OCC1(C)C.C[Si](C)(C)Cl.Fc1cc[c-]cc1.[Br-].[Mg+2]. The van der Waals surface area contributed by atoms with Crippen molar-refractivity contribution in [3.05, 3.63) is 278 Å². The van der Waals surface area contributed by atoms with Crippen molar-refractivity contribution >= 4 is 133 Å². The Kier molecular flexibility index (Phi) is 56.4. The zero-order valence-electron chi connectivity index (χ0n) is 79.2. The van der Waals surface area contributed by atoms with E-state index in [0.717, 1.165) is 64.9 Å². The summed E-state index contributed by atoms with van der Waals surface area (Å²) in [5.41, 5.74) is 8.49. The molecular formula is C104H144BrClFIMgO12S4Si. The second-order valence-electron chi connectivity index (χ2n) is 37.5. The molecule has 0 aliphatic carbocycles. The Balaban J connectivity index is 0. The largest absolute Gasteiger partial charge is 2.00 e. The maximum absolute atomic E-state index is 13.0. The molecule has 9 aromatic carbocycles. The normalized spacial score (nSPS) is 15.1. The summed E-state index contributed by atoms with van der Waals surface area (Å²) in [5, 5.41) is 25.8. The van der Waals surface area contributed by atoms with Crippen molar-refractivity contribution in [2.24, 2.45) is 22.7 Å². The third kappa shape index (κ3) is 48.2. The van der Waals surface area contributed by atoms with E-state index in [4.69, 9.17) is 40.3 Å². The third-order valence-electron chi connectivity index (χ3n) is 18.9. The Morgan fingerprint density at radius 1 is 0.548 bits per heavy atom. The Labute approximate surface area is 818 Å². The predicted molar refractivity (Wildman–Crippen MR) is 539 cm³/mol. The van der Waals surface area contributed by atoms with Crippen LogP contribution in [0.5, 0.6) is 0 Å². The van der Waals surface area contributed by atoms with Crippen molar-refractivity contribution in [1.82, 2.24) is 0 Å². The molecule has 2 aliphatic rings. The molecule has 9 aromatic rings. The van der Waals surface area contributed by atoms with Crippen molar-refractivity contribution in [2.75, 3.05) is 26.4 Å². The number of hydrogen-bond donors (Lipinski definition) is 4. The molecule has 2 aliphatic heterocycles. The molecule has 12 nitrogen and oxygen atoms in total. The monoisotopic (exact) mass is 2020 g/mol. The van der Waals surface area contributed by atoms with Gasteiger partial charge in [0.2, 0.25) is 0 Å². The number of carboxylic acid groups (broad SMARTS) is 1. The van der Waals surface area contributed by atoms with Crippen LogP contribution in [0.1, 0.15) is 252 Å². The van der Waals surface area contributed by atoms with Crippen LogP contribution >= 0.6 is 58.1 Å². The fraction of sp³-hybridized carbons (Fsp3) is 0.442. The van der Waals surface area contributed by atoms with Crippen LogP contribution in [0, 0.1) is 38.1 Å². The summed E-state index contributed by atoms with van der Waals surface area (Å²) in [5.74, 6) is -0.986. The molecule has 2 fully saturated rings. The van der Waals surface area contributed by atoms with Crippen LogP contribution in [0.25, 0.3) is 0 Å². The maximum atomic E-state index is 13.0. The summed E-state index contributed by atoms with van der Waals surface area (Å²) in [6.45, 7) is 59.3. The molecule has 5 unspecified atom stereocenters. The number of aliphatic hydroxyl groups is 2. The first kappa shape index (κ1) is 123. The van der Waals surface area contributed by atoms with E-state index in [2.05, 4.69) is 220 Å². The van der Waals surface area contributed by atoms with E-state index in [0.29, 0.717) is 23.0 Å². The Morgan fingerprint density at radius 2 is 0.833 bits per heavy atom. The number of hydrogen-bond acceptors (Lipinski definition) is 13. The minimum absolute atomic E-state index is 0. The van der Waals surface area contributed by atoms with Crippen molar-refractivity contribution in [3.8, 4) is 0 Å². The van der Waals surface area contributed by atoms with E-state index in [1.807, 2.05) is 156 Å². The van der Waals surface area contributed by atoms with Crippen LogP contribution in [-0.2, 0) is 68.1 Å². The first-order chi connectivity index (χ1) is 56.7. The number of Topliss-reactive ketones (excluding diaryl/α,β-unsaturated/α-hetero) is 3. The molecule has 0 aromatic heterocycles. The molecule has 0 saturated carbocycles. The average Bonchev–Trinajstić information content (AvgIpc) is 0.792. The predicted octanol–water partition coefficient (Wildman–Crippen LogP) is 24.7. The molecule has 3 N–H and O–H groups in total. The fourth-order valence-corrected chi connectivity index (χ4v) is 15.0. The number of carbonyl (C=O) groups excluding carboxylic acids is 3. The molecule has 126 heavy (non-hydrogen) atoms. The zero-order chi connectivity index (χ0) is 93.8. The van der Waals surface area contributed by atoms with Gasteiger partial charge in [-0.2, -0.15) is 29.3 Å². The van der Waals surface area contributed by atoms with Gasteiger partial charge in [0.1, 0.15) is 7.38 Å². The van der Waals surface area contributed by atoms with Gasteiger partial charge in [0.25, 0.3) is 5.97 Å². The quantitative estimate of drug-likeness (QED) is 0.0201. The van der Waals surface area contributed by atoms with Crippen LogP contribution in [0.3, 0.4) is 0 Å². The zero-order valence-corrected chi connectivity index (χ0v) is 89.5. The minimum atomic E-state index is -1.22. The van der Waals surface area contributed by atoms with Gasteiger partial charge in [0.05, 0.1) is 47.0 Å². The summed E-state index contributed by atoms with van der Waals surface area (Å²) < 4.78 is 56.2. The molecule has 0 amide bonds. The molecule has 5 atom stereocenters. The fourth-order valence-electron chi connectivity index (χ4n) is 11.6. The number of halogens is 4. The first-order valence-corrected chi connectivity index (χ1v) is 50.8. The van der Waals surface area contributed by atoms with Gasteiger partial charge >= 0.3 is 23.1 Å². The van der Waals surface area contributed by atoms with Gasteiger partial charge in [-0.3, -0.25) is 19.2 Å². The topological polar surface area (TPSA) is 191 Å². The van der Waals surface area contributed by atoms with Gasteiger partial charge in [0, 0.05) is 96.9 Å². The van der Waals surface area contributed by atoms with Crippen molar-refractivity contribution in [3.63, 3.8) is 0 Å². The van der Waals surface area contributed by atoms with Crippen molar-refractivity contribution in [1.29, 1.82) is 0 Å². The average molecular weight is 2030 g/mol. The van der Waals surface area contributed by atoms with E-state index >= 15 is 0 Å². The number of carboxylic acids is 1. The van der Waals surface area contributed by atoms with E-state index < -0.39 is 46.8 Å². The number of aliphatic carboxylic acids is 1. The number of ether oxygens (including phenoxy) is 3. The molecule has 2 saturated heterocycles. The molecule has 22 heteroatoms. The Morgan fingerprint density at radius 3 is 1.10 bits per heavy atom. The van der Waals surface area contributed by atoms with Crippen LogP contribution in [0.15, 0.2) is 253 Å². The molecule has 0 radical (unpaired) electrons. The first-order valence-electron chi connectivity index (χ1n) is 41.6. The number of thiol groups is 1. The molecule has 11 rings (SSSR count). The van der Waals surface area contributed by atoms with E-state index in [-0.39, 0.29) is 122 Å². The third-order valence-corrected chi connectivity index (χ3v) is 23.8. The molecule has 690 valence electrons. The number of aliphatic hydroxyl groups excluding tert-OH is 2. The second-order valence-corrected chi connectivity index (χ2v) is 50.9. The van der Waals surface area contributed by atoms with Crippen LogP contribution < -0.4 is 17.0 Å². The van der Waals surface area contributed by atoms with Gasteiger partial charge in [-0.05, 0) is 216 Å². The van der Waals surface area contributed by atoms with Crippen LogP contribution in [0.4, 0.5) is 4.39 Å².